The fourth-order valence-electron chi connectivity index (χ4n) is 2.75. The molecule has 21 heavy (non-hydrogen) atoms. The number of carbonyl (C=O) groups excluding carboxylic acids is 1. The molecule has 0 bridgehead atoms. The Hall–Kier alpha value is -2.14. The number of rotatable bonds is 4. The van der Waals surface area contributed by atoms with Gasteiger partial charge < -0.3 is 15.2 Å². The summed E-state index contributed by atoms with van der Waals surface area (Å²) in [5.74, 6) is -0.0378. The quantitative estimate of drug-likeness (QED) is 0.899. The molecule has 0 aliphatic carbocycles. The Morgan fingerprint density at radius 1 is 1.29 bits per heavy atom. The first-order valence-electron chi connectivity index (χ1n) is 7.40. The summed E-state index contributed by atoms with van der Waals surface area (Å²) in [5.41, 5.74) is 1.60. The van der Waals surface area contributed by atoms with Crippen molar-refractivity contribution in [3.8, 4) is 0 Å². The van der Waals surface area contributed by atoms with Gasteiger partial charge in [-0.2, -0.15) is 0 Å². The molecule has 1 fully saturated rings. The summed E-state index contributed by atoms with van der Waals surface area (Å²) in [5, 5.41) is 6.29. The van der Waals surface area contributed by atoms with Crippen LogP contribution >= 0.6 is 0 Å². The third-order valence-electron chi connectivity index (χ3n) is 3.87. The smallest absolute Gasteiger partial charge is 0.268 e. The number of amides is 1. The first kappa shape index (κ1) is 13.8. The Morgan fingerprint density at radius 3 is 2.90 bits per heavy atom. The summed E-state index contributed by atoms with van der Waals surface area (Å²) in [7, 11) is 0. The molecule has 1 amide bonds. The average molecular weight is 284 g/mol. The predicted molar refractivity (Wildman–Crippen MR) is 81.0 cm³/mol. The van der Waals surface area contributed by atoms with Crippen LogP contribution in [0.15, 0.2) is 42.7 Å². The van der Waals surface area contributed by atoms with E-state index in [1.165, 1.54) is 0 Å². The molecule has 1 aliphatic rings. The summed E-state index contributed by atoms with van der Waals surface area (Å²) in [6.45, 7) is 2.48. The number of nitrogens with zero attached hydrogens (tertiary/aromatic N) is 2. The lowest BCUT2D eigenvalue weighted by molar-refractivity contribution is 0.0937. The van der Waals surface area contributed by atoms with Gasteiger partial charge in [0.15, 0.2) is 0 Å². The predicted octanol–water partition coefficient (Wildman–Crippen LogP) is 1.74. The molecule has 5 heteroatoms. The van der Waals surface area contributed by atoms with E-state index in [4.69, 9.17) is 0 Å². The lowest BCUT2D eigenvalue weighted by atomic mass is 10.1. The molecule has 0 saturated carbocycles. The number of hydrogen-bond donors (Lipinski definition) is 2. The molecule has 2 aromatic heterocycles. The highest BCUT2D eigenvalue weighted by atomic mass is 16.1. The molecule has 0 unspecified atom stereocenters. The van der Waals surface area contributed by atoms with Crippen LogP contribution in [0.25, 0.3) is 0 Å². The molecule has 0 spiro atoms. The second kappa shape index (κ2) is 6.54. The van der Waals surface area contributed by atoms with Crippen LogP contribution in [0.2, 0.25) is 0 Å². The van der Waals surface area contributed by atoms with Crippen molar-refractivity contribution in [3.05, 3.63) is 54.1 Å². The van der Waals surface area contributed by atoms with Gasteiger partial charge in [0.2, 0.25) is 0 Å². The second-order valence-corrected chi connectivity index (χ2v) is 5.29. The zero-order chi connectivity index (χ0) is 14.5. The molecule has 110 valence electrons. The highest BCUT2D eigenvalue weighted by Gasteiger charge is 2.19. The molecule has 2 aromatic rings. The van der Waals surface area contributed by atoms with Crippen molar-refractivity contribution in [2.24, 2.45) is 0 Å². The van der Waals surface area contributed by atoms with E-state index in [0.29, 0.717) is 12.6 Å². The zero-order valence-corrected chi connectivity index (χ0v) is 12.0. The van der Waals surface area contributed by atoms with Crippen LogP contribution in [0.4, 0.5) is 0 Å². The third kappa shape index (κ3) is 3.31. The van der Waals surface area contributed by atoms with E-state index in [9.17, 15) is 4.79 Å². The van der Waals surface area contributed by atoms with Gasteiger partial charge in [-0.3, -0.25) is 9.78 Å². The van der Waals surface area contributed by atoms with Gasteiger partial charge in [0, 0.05) is 18.4 Å². The van der Waals surface area contributed by atoms with Crippen LogP contribution in [-0.4, -0.2) is 28.5 Å². The van der Waals surface area contributed by atoms with E-state index in [1.54, 1.807) is 6.20 Å². The van der Waals surface area contributed by atoms with Gasteiger partial charge in [0.25, 0.3) is 5.91 Å². The van der Waals surface area contributed by atoms with E-state index in [2.05, 4.69) is 20.2 Å². The van der Waals surface area contributed by atoms with Crippen molar-refractivity contribution in [2.45, 2.75) is 25.4 Å². The number of pyridine rings is 1. The Bertz CT molecular complexity index is 587. The molecule has 0 radical (unpaired) electrons. The number of piperidine rings is 1. The van der Waals surface area contributed by atoms with Crippen LogP contribution in [0.3, 0.4) is 0 Å². The van der Waals surface area contributed by atoms with Crippen LogP contribution in [0, 0.1) is 0 Å². The van der Waals surface area contributed by atoms with Gasteiger partial charge in [-0.05, 0) is 50.2 Å². The highest BCUT2D eigenvalue weighted by Crippen LogP contribution is 2.21. The maximum Gasteiger partial charge on any atom is 0.268 e. The van der Waals surface area contributed by atoms with Crippen molar-refractivity contribution < 1.29 is 4.79 Å². The van der Waals surface area contributed by atoms with E-state index >= 15 is 0 Å². The summed E-state index contributed by atoms with van der Waals surface area (Å²) in [6, 6.07) is 9.94. The lowest BCUT2D eigenvalue weighted by Crippen LogP contribution is -2.32. The molecule has 2 N–H and O–H groups in total. The highest BCUT2D eigenvalue weighted by molar-refractivity contribution is 5.92. The molecule has 0 atom stereocenters. The van der Waals surface area contributed by atoms with Gasteiger partial charge in [0.05, 0.1) is 12.2 Å². The minimum Gasteiger partial charge on any atom is -0.345 e. The molecule has 3 rings (SSSR count). The minimum atomic E-state index is -0.0378. The topological polar surface area (TPSA) is 59.0 Å². The van der Waals surface area contributed by atoms with Crippen LogP contribution in [0.1, 0.15) is 35.1 Å². The molecule has 1 saturated heterocycles. The van der Waals surface area contributed by atoms with Crippen LogP contribution in [-0.2, 0) is 6.54 Å². The molecular weight excluding hydrogens is 264 g/mol. The Balaban J connectivity index is 1.66. The summed E-state index contributed by atoms with van der Waals surface area (Å²) < 4.78 is 2.11. The molecule has 5 nitrogen and oxygen atoms in total. The molecular formula is C16H20N4O. The fourth-order valence-corrected chi connectivity index (χ4v) is 2.75. The zero-order valence-electron chi connectivity index (χ0n) is 12.0. The van der Waals surface area contributed by atoms with Crippen molar-refractivity contribution in [2.75, 3.05) is 13.1 Å². The first-order chi connectivity index (χ1) is 10.3. The van der Waals surface area contributed by atoms with E-state index in [1.807, 2.05) is 36.5 Å². The second-order valence-electron chi connectivity index (χ2n) is 5.29. The van der Waals surface area contributed by atoms with Gasteiger partial charge in [-0.1, -0.05) is 6.07 Å². The van der Waals surface area contributed by atoms with Crippen molar-refractivity contribution in [1.82, 2.24) is 20.2 Å². The maximum atomic E-state index is 12.4. The SMILES string of the molecule is O=C(NCc1ccccn1)c1cccn1C1CCNCC1. The van der Waals surface area contributed by atoms with Crippen molar-refractivity contribution in [1.29, 1.82) is 0 Å². The molecule has 0 aromatic carbocycles. The van der Waals surface area contributed by atoms with E-state index < -0.39 is 0 Å². The maximum absolute atomic E-state index is 12.4. The fraction of sp³-hybridized carbons (Fsp3) is 0.375. The summed E-state index contributed by atoms with van der Waals surface area (Å²) in [6.07, 6.45) is 5.87. The normalized spacial score (nSPS) is 15.8. The largest absolute Gasteiger partial charge is 0.345 e. The number of aromatic nitrogens is 2. The van der Waals surface area contributed by atoms with Crippen molar-refractivity contribution in [3.63, 3.8) is 0 Å². The Labute approximate surface area is 124 Å². The van der Waals surface area contributed by atoms with Crippen LogP contribution in [0.5, 0.6) is 0 Å². The average Bonchev–Trinajstić information content (AvgIpc) is 3.04. The standard InChI is InChI=1S/C16H20N4O/c21-16(19-12-13-4-1-2-8-18-13)15-5-3-11-20(15)14-6-9-17-10-7-14/h1-5,8,11,14,17H,6-7,9-10,12H2,(H,19,21). The molecule has 3 heterocycles. The Morgan fingerprint density at radius 2 is 2.14 bits per heavy atom. The van der Waals surface area contributed by atoms with Gasteiger partial charge in [-0.25, -0.2) is 0 Å². The lowest BCUT2D eigenvalue weighted by Gasteiger charge is -2.25. The number of hydrogen-bond acceptors (Lipinski definition) is 3. The van der Waals surface area contributed by atoms with Gasteiger partial charge in [0.1, 0.15) is 5.69 Å². The van der Waals surface area contributed by atoms with Gasteiger partial charge >= 0.3 is 0 Å². The van der Waals surface area contributed by atoms with Crippen LogP contribution < -0.4 is 10.6 Å². The first-order valence-corrected chi connectivity index (χ1v) is 7.40. The number of nitrogens with one attached hydrogen (secondary N) is 2. The third-order valence-corrected chi connectivity index (χ3v) is 3.87. The van der Waals surface area contributed by atoms with Crippen molar-refractivity contribution >= 4 is 5.91 Å². The summed E-state index contributed by atoms with van der Waals surface area (Å²) in [4.78, 5) is 16.6. The summed E-state index contributed by atoms with van der Waals surface area (Å²) >= 11 is 0. The monoisotopic (exact) mass is 284 g/mol. The van der Waals surface area contributed by atoms with E-state index in [0.717, 1.165) is 37.3 Å². The molecule has 1 aliphatic heterocycles. The Kier molecular flexibility index (Phi) is 4.31. The number of carbonyl (C=O) groups is 1. The minimum absolute atomic E-state index is 0.0378. The van der Waals surface area contributed by atoms with E-state index in [-0.39, 0.29) is 5.91 Å². The van der Waals surface area contributed by atoms with Gasteiger partial charge in [-0.15, -0.1) is 0 Å².